The predicted octanol–water partition coefficient (Wildman–Crippen LogP) is 5.32. The number of hydrogen-bond donors (Lipinski definition) is 2. The smallest absolute Gasteiger partial charge is 0.168 e. The minimum absolute atomic E-state index is 0. The summed E-state index contributed by atoms with van der Waals surface area (Å²) in [6.45, 7) is 1.04. The van der Waals surface area contributed by atoms with Crippen LogP contribution in [0.1, 0.15) is 55.6 Å². The summed E-state index contributed by atoms with van der Waals surface area (Å²) in [5.74, 6) is -0.117. The molecule has 0 aromatic heterocycles. The summed E-state index contributed by atoms with van der Waals surface area (Å²) >= 11 is 0. The van der Waals surface area contributed by atoms with Gasteiger partial charge in [0, 0.05) is 29.6 Å². The van der Waals surface area contributed by atoms with Crippen LogP contribution < -0.4 is 15.8 Å². The summed E-state index contributed by atoms with van der Waals surface area (Å²) in [5, 5.41) is 3.71. The first-order chi connectivity index (χ1) is 14.1. The average molecular weight is 437 g/mol. The Hall–Kier alpha value is -1.69. The number of ether oxygens (including phenoxy) is 1. The van der Waals surface area contributed by atoms with E-state index in [-0.39, 0.29) is 36.7 Å². The molecule has 30 heavy (non-hydrogen) atoms. The number of nitrogens with one attached hydrogen (secondary N) is 1. The minimum atomic E-state index is -0.621. The second kappa shape index (κ2) is 10.6. The molecule has 3 N–H and O–H groups in total. The third kappa shape index (κ3) is 5.71. The zero-order valence-electron chi connectivity index (χ0n) is 17.2. The van der Waals surface area contributed by atoms with Crippen LogP contribution in [0.5, 0.6) is 5.75 Å². The maximum absolute atomic E-state index is 14.5. The van der Waals surface area contributed by atoms with Gasteiger partial charge >= 0.3 is 0 Å². The number of rotatable bonds is 8. The Bertz CT molecular complexity index is 812. The SMILES string of the molecule is Cl.NCCC1CCC(N[C@@H]2C[C@H]2c2cc(F)cc(F)c2OCc2ccccc2)CC1. The van der Waals surface area contributed by atoms with E-state index in [9.17, 15) is 8.78 Å². The van der Waals surface area contributed by atoms with Crippen molar-refractivity contribution in [2.24, 2.45) is 11.7 Å². The lowest BCUT2D eigenvalue weighted by molar-refractivity contribution is 0.278. The maximum Gasteiger partial charge on any atom is 0.168 e. The molecule has 4 rings (SSSR count). The van der Waals surface area contributed by atoms with E-state index in [1.165, 1.54) is 18.9 Å². The van der Waals surface area contributed by atoms with Gasteiger partial charge in [-0.1, -0.05) is 30.3 Å². The van der Waals surface area contributed by atoms with E-state index in [0.717, 1.165) is 49.8 Å². The van der Waals surface area contributed by atoms with Crippen LogP contribution in [0.2, 0.25) is 0 Å². The zero-order valence-corrected chi connectivity index (χ0v) is 18.0. The molecule has 2 aliphatic carbocycles. The van der Waals surface area contributed by atoms with Gasteiger partial charge in [-0.3, -0.25) is 0 Å². The van der Waals surface area contributed by atoms with E-state index in [1.54, 1.807) is 0 Å². The first kappa shape index (κ1) is 23.0. The van der Waals surface area contributed by atoms with Gasteiger partial charge in [-0.2, -0.15) is 0 Å². The van der Waals surface area contributed by atoms with Crippen LogP contribution in [0, 0.1) is 17.6 Å². The first-order valence-electron chi connectivity index (χ1n) is 10.8. The Morgan fingerprint density at radius 3 is 2.47 bits per heavy atom. The number of hydrogen-bond acceptors (Lipinski definition) is 3. The molecule has 0 saturated heterocycles. The van der Waals surface area contributed by atoms with Crippen molar-refractivity contribution in [1.29, 1.82) is 0 Å². The van der Waals surface area contributed by atoms with Crippen LogP contribution in [0.4, 0.5) is 8.78 Å². The molecule has 164 valence electrons. The lowest BCUT2D eigenvalue weighted by Crippen LogP contribution is -2.35. The molecule has 0 bridgehead atoms. The molecule has 0 radical (unpaired) electrons. The molecule has 2 aromatic carbocycles. The summed E-state index contributed by atoms with van der Waals surface area (Å²) in [7, 11) is 0. The van der Waals surface area contributed by atoms with E-state index in [2.05, 4.69) is 5.32 Å². The molecule has 0 spiro atoms. The van der Waals surface area contributed by atoms with Gasteiger partial charge in [0.1, 0.15) is 12.4 Å². The van der Waals surface area contributed by atoms with Crippen molar-refractivity contribution in [3.05, 3.63) is 65.2 Å². The van der Waals surface area contributed by atoms with E-state index >= 15 is 0 Å². The summed E-state index contributed by atoms with van der Waals surface area (Å²) in [4.78, 5) is 0. The van der Waals surface area contributed by atoms with Crippen LogP contribution in [0.3, 0.4) is 0 Å². The summed E-state index contributed by atoms with van der Waals surface area (Å²) in [6.07, 6.45) is 6.75. The first-order valence-corrected chi connectivity index (χ1v) is 10.8. The van der Waals surface area contributed by atoms with Gasteiger partial charge in [0.15, 0.2) is 11.6 Å². The monoisotopic (exact) mass is 436 g/mol. The van der Waals surface area contributed by atoms with Gasteiger partial charge in [-0.05, 0) is 62.6 Å². The van der Waals surface area contributed by atoms with Crippen molar-refractivity contribution >= 4 is 12.4 Å². The van der Waals surface area contributed by atoms with Crippen LogP contribution in [-0.2, 0) is 6.61 Å². The van der Waals surface area contributed by atoms with Crippen molar-refractivity contribution < 1.29 is 13.5 Å². The molecular formula is C24H31ClF2N2O. The predicted molar refractivity (Wildman–Crippen MR) is 118 cm³/mol. The fourth-order valence-corrected chi connectivity index (χ4v) is 4.62. The molecule has 0 heterocycles. The van der Waals surface area contributed by atoms with Crippen molar-refractivity contribution in [2.45, 2.75) is 63.1 Å². The van der Waals surface area contributed by atoms with Gasteiger partial charge < -0.3 is 15.8 Å². The van der Waals surface area contributed by atoms with Gasteiger partial charge in [-0.25, -0.2) is 8.78 Å². The fraction of sp³-hybridized carbons (Fsp3) is 0.500. The van der Waals surface area contributed by atoms with E-state index in [0.29, 0.717) is 11.6 Å². The Kier molecular flexibility index (Phi) is 8.09. The van der Waals surface area contributed by atoms with Gasteiger partial charge in [0.25, 0.3) is 0 Å². The summed E-state index contributed by atoms with van der Waals surface area (Å²) in [6, 6.07) is 12.7. The Balaban J connectivity index is 0.00000256. The largest absolute Gasteiger partial charge is 0.486 e. The normalized spacial score (nSPS) is 25.4. The highest BCUT2D eigenvalue weighted by molar-refractivity contribution is 5.85. The highest BCUT2D eigenvalue weighted by atomic mass is 35.5. The number of benzene rings is 2. The summed E-state index contributed by atoms with van der Waals surface area (Å²) < 4.78 is 34.3. The van der Waals surface area contributed by atoms with Crippen LogP contribution in [-0.4, -0.2) is 18.6 Å². The van der Waals surface area contributed by atoms with E-state index in [1.807, 2.05) is 30.3 Å². The second-order valence-corrected chi connectivity index (χ2v) is 8.49. The fourth-order valence-electron chi connectivity index (χ4n) is 4.62. The quantitative estimate of drug-likeness (QED) is 0.588. The molecule has 0 amide bonds. The third-order valence-corrected chi connectivity index (χ3v) is 6.32. The molecule has 0 unspecified atom stereocenters. The second-order valence-electron chi connectivity index (χ2n) is 8.49. The van der Waals surface area contributed by atoms with Crippen LogP contribution >= 0.6 is 12.4 Å². The maximum atomic E-state index is 14.5. The molecule has 2 atom stereocenters. The molecule has 2 aromatic rings. The van der Waals surface area contributed by atoms with Crippen LogP contribution in [0.15, 0.2) is 42.5 Å². The van der Waals surface area contributed by atoms with Gasteiger partial charge in [-0.15, -0.1) is 12.4 Å². The molecule has 3 nitrogen and oxygen atoms in total. The molecule has 6 heteroatoms. The highest BCUT2D eigenvalue weighted by Gasteiger charge is 2.42. The van der Waals surface area contributed by atoms with E-state index in [4.69, 9.17) is 10.5 Å². The van der Waals surface area contributed by atoms with Gasteiger partial charge in [0.2, 0.25) is 0 Å². The van der Waals surface area contributed by atoms with E-state index < -0.39 is 11.6 Å². The Labute approximate surface area is 183 Å². The number of halogens is 3. The molecule has 2 aliphatic rings. The lowest BCUT2D eigenvalue weighted by atomic mass is 9.84. The minimum Gasteiger partial charge on any atom is -0.486 e. The zero-order chi connectivity index (χ0) is 20.2. The molecule has 2 fully saturated rings. The molecule has 0 aliphatic heterocycles. The topological polar surface area (TPSA) is 47.3 Å². The van der Waals surface area contributed by atoms with Gasteiger partial charge in [0.05, 0.1) is 0 Å². The molecule has 2 saturated carbocycles. The Morgan fingerprint density at radius 1 is 1.03 bits per heavy atom. The highest BCUT2D eigenvalue weighted by Crippen LogP contribution is 2.47. The third-order valence-electron chi connectivity index (χ3n) is 6.32. The van der Waals surface area contributed by atoms with Crippen molar-refractivity contribution in [2.75, 3.05) is 6.54 Å². The molecular weight excluding hydrogens is 406 g/mol. The van der Waals surface area contributed by atoms with Crippen molar-refractivity contribution in [3.8, 4) is 5.75 Å². The lowest BCUT2D eigenvalue weighted by Gasteiger charge is -2.29. The average Bonchev–Trinajstić information content (AvgIpc) is 3.48. The van der Waals surface area contributed by atoms with Crippen molar-refractivity contribution in [1.82, 2.24) is 5.32 Å². The van der Waals surface area contributed by atoms with Crippen molar-refractivity contribution in [3.63, 3.8) is 0 Å². The number of nitrogens with two attached hydrogens (primary N) is 1. The standard InChI is InChI=1S/C24H30F2N2O.ClH/c25-18-12-21(24(22(26)13-18)29-15-17-4-2-1-3-5-17)20-14-23(20)28-19-8-6-16(7-9-19)10-11-27;/h1-5,12-13,16,19-20,23,28H,6-11,14-15,27H2;1H/t16?,19?,20-,23+;/m0./s1. The summed E-state index contributed by atoms with van der Waals surface area (Å²) in [5.41, 5.74) is 7.29. The Morgan fingerprint density at radius 2 is 1.77 bits per heavy atom. The van der Waals surface area contributed by atoms with Crippen LogP contribution in [0.25, 0.3) is 0 Å².